The molecule has 0 heterocycles. The van der Waals surface area contributed by atoms with Crippen LogP contribution in [-0.4, -0.2) is 68.5 Å². The quantitative estimate of drug-likeness (QED) is 0.0272. The molecule has 8 nitrogen and oxygen atoms in total. The first-order chi connectivity index (χ1) is 31.5. The van der Waals surface area contributed by atoms with E-state index < -0.39 is 20.0 Å². The van der Waals surface area contributed by atoms with Crippen molar-refractivity contribution in [3.05, 3.63) is 72.9 Å². The average molecular weight is 931 g/mol. The number of rotatable bonds is 48. The monoisotopic (exact) mass is 931 g/mol. The molecule has 0 aromatic rings. The Labute approximate surface area is 402 Å². The van der Waals surface area contributed by atoms with Crippen molar-refractivity contribution in [2.45, 2.75) is 238 Å². The van der Waals surface area contributed by atoms with Crippen molar-refractivity contribution >= 4 is 13.7 Å². The smallest absolute Gasteiger partial charge is 0.268 e. The molecule has 2 N–H and O–H groups in total. The van der Waals surface area contributed by atoms with E-state index in [2.05, 4.69) is 92.1 Å². The Bertz CT molecular complexity index is 1290. The van der Waals surface area contributed by atoms with Crippen LogP contribution in [0.25, 0.3) is 0 Å². The Morgan fingerprint density at radius 1 is 0.554 bits per heavy atom. The van der Waals surface area contributed by atoms with E-state index in [-0.39, 0.29) is 19.1 Å². The van der Waals surface area contributed by atoms with Crippen molar-refractivity contribution in [3.8, 4) is 0 Å². The van der Waals surface area contributed by atoms with Gasteiger partial charge in [0, 0.05) is 6.42 Å². The molecule has 0 rings (SSSR count). The van der Waals surface area contributed by atoms with Crippen molar-refractivity contribution in [2.75, 3.05) is 40.9 Å². The van der Waals surface area contributed by atoms with E-state index in [0.29, 0.717) is 23.9 Å². The molecule has 9 heteroatoms. The molecule has 0 saturated heterocycles. The number of nitrogens with one attached hydrogen (secondary N) is 1. The second kappa shape index (κ2) is 47.0. The summed E-state index contributed by atoms with van der Waals surface area (Å²) in [5.41, 5.74) is 0. The number of phosphoric acid groups is 1. The highest BCUT2D eigenvalue weighted by Crippen LogP contribution is 2.38. The number of quaternary nitrogens is 1. The van der Waals surface area contributed by atoms with E-state index in [0.717, 1.165) is 89.9 Å². The molecule has 0 aliphatic carbocycles. The number of likely N-dealkylation sites (N-methyl/N-ethyl adjacent to an activating group) is 1. The van der Waals surface area contributed by atoms with Crippen molar-refractivity contribution < 1.29 is 32.9 Å². The predicted molar refractivity (Wildman–Crippen MR) is 279 cm³/mol. The summed E-state index contributed by atoms with van der Waals surface area (Å²) in [6.45, 7) is 4.59. The fraction of sp³-hybridized carbons (Fsp3) is 0.768. The maximum absolute atomic E-state index is 13.0. The molecule has 65 heavy (non-hydrogen) atoms. The number of amides is 1. The third kappa shape index (κ3) is 49.7. The summed E-state index contributed by atoms with van der Waals surface area (Å²) in [4.78, 5) is 25.5. The zero-order valence-electron chi connectivity index (χ0n) is 42.9. The van der Waals surface area contributed by atoms with Crippen LogP contribution in [0.1, 0.15) is 226 Å². The Balaban J connectivity index is 4.32. The van der Waals surface area contributed by atoms with Crippen LogP contribution in [0.5, 0.6) is 0 Å². The maximum atomic E-state index is 13.0. The van der Waals surface area contributed by atoms with Crippen molar-refractivity contribution in [1.82, 2.24) is 5.32 Å². The average Bonchev–Trinajstić information content (AvgIpc) is 3.26. The van der Waals surface area contributed by atoms with Gasteiger partial charge in [-0.2, -0.15) is 0 Å². The third-order valence-electron chi connectivity index (χ3n) is 11.7. The molecular formula is C56H103N2O6P. The van der Waals surface area contributed by atoms with Crippen LogP contribution in [0, 0.1) is 0 Å². The van der Waals surface area contributed by atoms with Gasteiger partial charge in [0.2, 0.25) is 5.91 Å². The topological polar surface area (TPSA) is 108 Å². The van der Waals surface area contributed by atoms with Gasteiger partial charge in [0.25, 0.3) is 7.82 Å². The van der Waals surface area contributed by atoms with Crippen LogP contribution >= 0.6 is 7.82 Å². The summed E-state index contributed by atoms with van der Waals surface area (Å²) in [5, 5.41) is 14.0. The highest BCUT2D eigenvalue weighted by molar-refractivity contribution is 7.45. The first-order valence-electron chi connectivity index (χ1n) is 26.8. The Hall–Kier alpha value is -2.06. The van der Waals surface area contributed by atoms with Gasteiger partial charge in [0.05, 0.1) is 39.9 Å². The first-order valence-corrected chi connectivity index (χ1v) is 28.2. The van der Waals surface area contributed by atoms with Crippen LogP contribution < -0.4 is 10.2 Å². The minimum atomic E-state index is -4.58. The summed E-state index contributed by atoms with van der Waals surface area (Å²) in [7, 11) is 1.28. The number of aliphatic hydroxyl groups excluding tert-OH is 1. The molecule has 0 aromatic heterocycles. The lowest BCUT2D eigenvalue weighted by Gasteiger charge is -2.30. The second-order valence-corrected chi connectivity index (χ2v) is 20.6. The van der Waals surface area contributed by atoms with Gasteiger partial charge in [-0.15, -0.1) is 0 Å². The zero-order chi connectivity index (χ0) is 47.8. The van der Waals surface area contributed by atoms with Gasteiger partial charge in [0.1, 0.15) is 13.2 Å². The van der Waals surface area contributed by atoms with Gasteiger partial charge in [-0.1, -0.05) is 228 Å². The summed E-state index contributed by atoms with van der Waals surface area (Å²) < 4.78 is 23.4. The molecule has 0 aromatic carbocycles. The van der Waals surface area contributed by atoms with Crippen LogP contribution in [-0.2, 0) is 18.4 Å². The molecule has 1 amide bonds. The summed E-state index contributed by atoms with van der Waals surface area (Å²) in [6.07, 6.45) is 63.4. The molecule has 3 unspecified atom stereocenters. The Morgan fingerprint density at radius 2 is 0.938 bits per heavy atom. The molecular weight excluding hydrogens is 828 g/mol. The summed E-state index contributed by atoms with van der Waals surface area (Å²) in [6, 6.07) is -0.819. The van der Waals surface area contributed by atoms with E-state index in [1.807, 2.05) is 21.1 Å². The fourth-order valence-corrected chi connectivity index (χ4v) is 8.24. The maximum Gasteiger partial charge on any atom is 0.268 e. The number of unbranched alkanes of at least 4 members (excludes halogenated alkanes) is 23. The van der Waals surface area contributed by atoms with Crippen LogP contribution in [0.3, 0.4) is 0 Å². The molecule has 0 aliphatic heterocycles. The van der Waals surface area contributed by atoms with Gasteiger partial charge in [0.15, 0.2) is 0 Å². The minimum absolute atomic E-state index is 0.00332. The first kappa shape index (κ1) is 62.9. The second-order valence-electron chi connectivity index (χ2n) is 19.2. The SMILES string of the molecule is CC/C=C\C/C=C\C/C=C\C/C=C\C/C=C\C/C=C\CCCCCCC(=O)NC(COP(=O)([O-])OCC[N+](C)(C)C)C(O)CCCCCCCCCCCCCCCCCCCCCC. The van der Waals surface area contributed by atoms with Crippen molar-refractivity contribution in [1.29, 1.82) is 0 Å². The van der Waals surface area contributed by atoms with Gasteiger partial charge < -0.3 is 28.8 Å². The number of aliphatic hydroxyl groups is 1. The molecule has 0 fully saturated rings. The lowest BCUT2D eigenvalue weighted by Crippen LogP contribution is -2.46. The van der Waals surface area contributed by atoms with Crippen molar-refractivity contribution in [2.24, 2.45) is 0 Å². The standard InChI is InChI=1S/C56H103N2O6P/c1-6-8-10-12-14-16-18-20-22-24-26-28-29-30-32-34-36-38-40-42-44-46-48-50-56(60)57-54(53-64-65(61,62)63-52-51-58(3,4)5)55(59)49-47-45-43-41-39-37-35-33-31-27-25-23-21-19-17-15-13-11-9-7-2/h8,10,14,16,20,22,26,28,30,32,36,38,54-55,59H,6-7,9,11-13,15,17-19,21,23-25,27,29,31,33-35,37,39-53H2,1-5H3,(H-,57,60,61,62)/b10-8-,16-14-,22-20-,28-26-,32-30-,38-36-. The summed E-state index contributed by atoms with van der Waals surface area (Å²) >= 11 is 0. The number of hydrogen-bond acceptors (Lipinski definition) is 6. The number of carbonyl (C=O) groups is 1. The third-order valence-corrected chi connectivity index (χ3v) is 12.7. The largest absolute Gasteiger partial charge is 0.756 e. The molecule has 0 saturated carbocycles. The van der Waals surface area contributed by atoms with E-state index in [1.165, 1.54) is 109 Å². The molecule has 0 radical (unpaired) electrons. The van der Waals surface area contributed by atoms with Gasteiger partial charge >= 0.3 is 0 Å². The highest BCUT2D eigenvalue weighted by Gasteiger charge is 2.24. The van der Waals surface area contributed by atoms with E-state index >= 15 is 0 Å². The summed E-state index contributed by atoms with van der Waals surface area (Å²) in [5.74, 6) is -0.190. The molecule has 0 aliphatic rings. The van der Waals surface area contributed by atoms with Gasteiger partial charge in [-0.3, -0.25) is 9.36 Å². The molecule has 0 spiro atoms. The highest BCUT2D eigenvalue weighted by atomic mass is 31.2. The number of allylic oxidation sites excluding steroid dienone is 12. The van der Waals surface area contributed by atoms with E-state index in [9.17, 15) is 19.4 Å². The van der Waals surface area contributed by atoms with Gasteiger partial charge in [-0.05, 0) is 64.2 Å². The Morgan fingerprint density at radius 3 is 1.37 bits per heavy atom. The Kier molecular flexibility index (Phi) is 45.5. The number of hydrogen-bond donors (Lipinski definition) is 2. The number of phosphoric ester groups is 1. The zero-order valence-corrected chi connectivity index (χ0v) is 43.8. The molecule has 0 bridgehead atoms. The van der Waals surface area contributed by atoms with Crippen LogP contribution in [0.4, 0.5) is 0 Å². The van der Waals surface area contributed by atoms with Crippen LogP contribution in [0.15, 0.2) is 72.9 Å². The lowest BCUT2D eigenvalue weighted by molar-refractivity contribution is -0.870. The fourth-order valence-electron chi connectivity index (χ4n) is 7.51. The molecule has 378 valence electrons. The lowest BCUT2D eigenvalue weighted by atomic mass is 10.0. The van der Waals surface area contributed by atoms with Crippen LogP contribution in [0.2, 0.25) is 0 Å². The van der Waals surface area contributed by atoms with E-state index in [1.54, 1.807) is 0 Å². The minimum Gasteiger partial charge on any atom is -0.756 e. The van der Waals surface area contributed by atoms with Crippen molar-refractivity contribution in [3.63, 3.8) is 0 Å². The normalized spacial score (nSPS) is 14.6. The number of carbonyl (C=O) groups excluding carboxylic acids is 1. The van der Waals surface area contributed by atoms with Gasteiger partial charge in [-0.25, -0.2) is 0 Å². The molecule has 3 atom stereocenters. The predicted octanol–water partition coefficient (Wildman–Crippen LogP) is 15.3. The number of nitrogens with zero attached hydrogens (tertiary/aromatic N) is 1. The van der Waals surface area contributed by atoms with E-state index in [4.69, 9.17) is 9.05 Å².